The smallest absolute Gasteiger partial charge is 0.132 e. The van der Waals surface area contributed by atoms with E-state index in [1.54, 1.807) is 0 Å². The molecule has 122 valence electrons. The minimum Gasteiger partial charge on any atom is -0.382 e. The zero-order chi connectivity index (χ0) is 16.1. The molecule has 0 spiro atoms. The molecule has 4 nitrogen and oxygen atoms in total. The van der Waals surface area contributed by atoms with Crippen LogP contribution in [-0.4, -0.2) is 23.1 Å². The van der Waals surface area contributed by atoms with E-state index in [1.165, 1.54) is 36.8 Å². The summed E-state index contributed by atoms with van der Waals surface area (Å²) in [5, 5.41) is 3.45. The molecule has 2 aromatic rings. The molecule has 0 aliphatic heterocycles. The van der Waals surface area contributed by atoms with Gasteiger partial charge in [-0.3, -0.25) is 0 Å². The number of aromatic nitrogens is 2. The van der Waals surface area contributed by atoms with E-state index < -0.39 is 0 Å². The van der Waals surface area contributed by atoms with Gasteiger partial charge in [0.05, 0.1) is 17.6 Å². The Balaban J connectivity index is 1.97. The molecule has 0 atom stereocenters. The first-order chi connectivity index (χ1) is 11.3. The van der Waals surface area contributed by atoms with Crippen molar-refractivity contribution >= 4 is 5.69 Å². The third-order valence-electron chi connectivity index (χ3n) is 4.62. The van der Waals surface area contributed by atoms with Gasteiger partial charge >= 0.3 is 0 Å². The van der Waals surface area contributed by atoms with Crippen LogP contribution in [0.1, 0.15) is 49.4 Å². The van der Waals surface area contributed by atoms with Crippen LogP contribution in [0.25, 0.3) is 11.3 Å². The van der Waals surface area contributed by atoms with Gasteiger partial charge in [-0.15, -0.1) is 0 Å². The number of nitrogens with zero attached hydrogens (tertiary/aromatic N) is 2. The van der Waals surface area contributed by atoms with Gasteiger partial charge < -0.3 is 11.1 Å². The first-order valence-electron chi connectivity index (χ1n) is 8.66. The lowest BCUT2D eigenvalue weighted by Crippen LogP contribution is -2.11. The van der Waals surface area contributed by atoms with Crippen molar-refractivity contribution in [3.8, 4) is 11.3 Å². The van der Waals surface area contributed by atoms with E-state index in [0.717, 1.165) is 30.2 Å². The zero-order valence-corrected chi connectivity index (χ0v) is 13.9. The number of anilines is 1. The standard InChI is InChI=1S/C19H26N4/c1-14-7-2-5-10-16(14)18-17(21-12-6-11-20)13-22-19(23-18)15-8-3-4-9-15/h2,5,7,10,13,15,21H,3-4,6,8-9,11-12,20H2,1H3. The third kappa shape index (κ3) is 3.70. The van der Waals surface area contributed by atoms with Crippen LogP contribution in [0.4, 0.5) is 5.69 Å². The Bertz CT molecular complexity index is 648. The number of benzene rings is 1. The summed E-state index contributed by atoms with van der Waals surface area (Å²) >= 11 is 0. The maximum Gasteiger partial charge on any atom is 0.132 e. The second-order valence-corrected chi connectivity index (χ2v) is 6.36. The van der Waals surface area contributed by atoms with Crippen LogP contribution in [0.2, 0.25) is 0 Å². The van der Waals surface area contributed by atoms with E-state index in [4.69, 9.17) is 10.7 Å². The largest absolute Gasteiger partial charge is 0.382 e. The Morgan fingerprint density at radius 3 is 2.74 bits per heavy atom. The van der Waals surface area contributed by atoms with E-state index >= 15 is 0 Å². The lowest BCUT2D eigenvalue weighted by Gasteiger charge is -2.16. The number of aryl methyl sites for hydroxylation is 1. The predicted molar refractivity (Wildman–Crippen MR) is 95.6 cm³/mol. The van der Waals surface area contributed by atoms with Crippen molar-refractivity contribution in [1.82, 2.24) is 9.97 Å². The summed E-state index contributed by atoms with van der Waals surface area (Å²) in [6.07, 6.45) is 7.92. The van der Waals surface area contributed by atoms with Gasteiger partial charge in [0.15, 0.2) is 0 Å². The van der Waals surface area contributed by atoms with Gasteiger partial charge in [-0.1, -0.05) is 37.1 Å². The highest BCUT2D eigenvalue weighted by Gasteiger charge is 2.21. The SMILES string of the molecule is Cc1ccccc1-c1nc(C2CCCC2)ncc1NCCCN. The van der Waals surface area contributed by atoms with Crippen LogP contribution in [0.5, 0.6) is 0 Å². The monoisotopic (exact) mass is 310 g/mol. The first-order valence-corrected chi connectivity index (χ1v) is 8.66. The fourth-order valence-corrected chi connectivity index (χ4v) is 3.27. The molecule has 3 N–H and O–H groups in total. The average Bonchev–Trinajstić information content (AvgIpc) is 3.10. The molecular formula is C19H26N4. The minimum absolute atomic E-state index is 0.524. The lowest BCUT2D eigenvalue weighted by molar-refractivity contribution is 0.669. The summed E-state index contributed by atoms with van der Waals surface area (Å²) < 4.78 is 0. The number of nitrogens with one attached hydrogen (secondary N) is 1. The topological polar surface area (TPSA) is 63.8 Å². The fraction of sp³-hybridized carbons (Fsp3) is 0.474. The quantitative estimate of drug-likeness (QED) is 0.795. The van der Waals surface area contributed by atoms with Crippen molar-refractivity contribution in [3.05, 3.63) is 41.9 Å². The van der Waals surface area contributed by atoms with Crippen LogP contribution in [0.15, 0.2) is 30.5 Å². The Kier molecular flexibility index (Phi) is 5.23. The van der Waals surface area contributed by atoms with E-state index in [-0.39, 0.29) is 0 Å². The Morgan fingerprint density at radius 1 is 1.22 bits per heavy atom. The molecule has 1 aliphatic rings. The first kappa shape index (κ1) is 15.9. The molecule has 1 aliphatic carbocycles. The molecule has 0 radical (unpaired) electrons. The van der Waals surface area contributed by atoms with Gasteiger partial charge in [0, 0.05) is 18.0 Å². The molecule has 1 aromatic carbocycles. The van der Waals surface area contributed by atoms with Crippen LogP contribution in [0, 0.1) is 6.92 Å². The summed E-state index contributed by atoms with van der Waals surface area (Å²) in [6, 6.07) is 8.42. The van der Waals surface area contributed by atoms with Crippen molar-refractivity contribution in [1.29, 1.82) is 0 Å². The van der Waals surface area contributed by atoms with Gasteiger partial charge in [-0.25, -0.2) is 9.97 Å². The third-order valence-corrected chi connectivity index (χ3v) is 4.62. The van der Waals surface area contributed by atoms with Crippen LogP contribution in [-0.2, 0) is 0 Å². The van der Waals surface area contributed by atoms with Crippen molar-refractivity contribution < 1.29 is 0 Å². The highest BCUT2D eigenvalue weighted by atomic mass is 15.0. The summed E-state index contributed by atoms with van der Waals surface area (Å²) in [5.41, 5.74) is 10.1. The lowest BCUT2D eigenvalue weighted by atomic mass is 10.0. The van der Waals surface area contributed by atoms with Crippen molar-refractivity contribution in [2.75, 3.05) is 18.4 Å². The molecule has 0 amide bonds. The number of hydrogen-bond donors (Lipinski definition) is 2. The second kappa shape index (κ2) is 7.55. The molecule has 1 fully saturated rings. The maximum atomic E-state index is 5.60. The molecular weight excluding hydrogens is 284 g/mol. The van der Waals surface area contributed by atoms with E-state index in [0.29, 0.717) is 12.5 Å². The molecule has 1 aromatic heterocycles. The summed E-state index contributed by atoms with van der Waals surface area (Å²) in [4.78, 5) is 9.61. The Labute approximate surface area is 138 Å². The normalized spacial score (nSPS) is 15.0. The van der Waals surface area contributed by atoms with Gasteiger partial charge in [-0.05, 0) is 38.3 Å². The van der Waals surface area contributed by atoms with Crippen molar-refractivity contribution in [3.63, 3.8) is 0 Å². The molecule has 1 saturated carbocycles. The predicted octanol–water partition coefficient (Wildman–Crippen LogP) is 3.87. The molecule has 0 unspecified atom stereocenters. The van der Waals surface area contributed by atoms with E-state index in [1.807, 2.05) is 6.20 Å². The van der Waals surface area contributed by atoms with Gasteiger partial charge in [0.1, 0.15) is 5.82 Å². The summed E-state index contributed by atoms with van der Waals surface area (Å²) in [5.74, 6) is 1.53. The minimum atomic E-state index is 0.524. The van der Waals surface area contributed by atoms with Crippen LogP contribution >= 0.6 is 0 Å². The second-order valence-electron chi connectivity index (χ2n) is 6.36. The maximum absolute atomic E-state index is 5.60. The number of hydrogen-bond acceptors (Lipinski definition) is 4. The summed E-state index contributed by atoms with van der Waals surface area (Å²) in [7, 11) is 0. The summed E-state index contributed by atoms with van der Waals surface area (Å²) in [6.45, 7) is 3.67. The average molecular weight is 310 g/mol. The number of rotatable bonds is 6. The van der Waals surface area contributed by atoms with E-state index in [9.17, 15) is 0 Å². The molecule has 0 saturated heterocycles. The van der Waals surface area contributed by atoms with E-state index in [2.05, 4.69) is 41.5 Å². The van der Waals surface area contributed by atoms with Crippen molar-refractivity contribution in [2.45, 2.75) is 44.9 Å². The van der Waals surface area contributed by atoms with Gasteiger partial charge in [0.2, 0.25) is 0 Å². The highest BCUT2D eigenvalue weighted by Crippen LogP contribution is 2.35. The molecule has 3 rings (SSSR count). The number of nitrogens with two attached hydrogens (primary N) is 1. The molecule has 0 bridgehead atoms. The fourth-order valence-electron chi connectivity index (χ4n) is 3.27. The Morgan fingerprint density at radius 2 is 2.00 bits per heavy atom. The highest BCUT2D eigenvalue weighted by molar-refractivity contribution is 5.75. The van der Waals surface area contributed by atoms with Gasteiger partial charge in [-0.2, -0.15) is 0 Å². The zero-order valence-electron chi connectivity index (χ0n) is 13.9. The van der Waals surface area contributed by atoms with Gasteiger partial charge in [0.25, 0.3) is 0 Å². The molecule has 23 heavy (non-hydrogen) atoms. The molecule has 4 heteroatoms. The van der Waals surface area contributed by atoms with Crippen LogP contribution in [0.3, 0.4) is 0 Å². The van der Waals surface area contributed by atoms with Crippen LogP contribution < -0.4 is 11.1 Å². The molecule has 1 heterocycles. The Hall–Kier alpha value is -1.94. The van der Waals surface area contributed by atoms with Crippen molar-refractivity contribution in [2.24, 2.45) is 5.73 Å².